The van der Waals surface area contributed by atoms with Gasteiger partial charge in [0.1, 0.15) is 5.82 Å². The third-order valence-electron chi connectivity index (χ3n) is 4.16. The minimum absolute atomic E-state index is 0.268. The number of furan rings is 1. The normalized spacial score (nSPS) is 14.5. The molecular formula is C17H16BrN3O2. The molecule has 23 heavy (non-hydrogen) atoms. The van der Waals surface area contributed by atoms with E-state index in [2.05, 4.69) is 25.8 Å². The molecule has 3 heterocycles. The number of aryl methyl sites for hydroxylation is 2. The minimum Gasteiger partial charge on any atom is -0.444 e. The number of nitrogens with one attached hydrogen (secondary N) is 1. The van der Waals surface area contributed by atoms with Gasteiger partial charge in [-0.05, 0) is 59.1 Å². The van der Waals surface area contributed by atoms with Crippen LogP contribution in [0.2, 0.25) is 0 Å². The van der Waals surface area contributed by atoms with Gasteiger partial charge in [-0.3, -0.25) is 4.79 Å². The number of rotatable bonds is 2. The summed E-state index contributed by atoms with van der Waals surface area (Å²) in [6, 6.07) is 9.21. The Morgan fingerprint density at radius 1 is 1.22 bits per heavy atom. The number of hydrogen-bond acceptors (Lipinski definition) is 3. The second-order valence-electron chi connectivity index (χ2n) is 5.75. The molecule has 2 aromatic heterocycles. The number of anilines is 1. The Balaban J connectivity index is 1.63. The van der Waals surface area contributed by atoms with Gasteiger partial charge in [-0.2, -0.15) is 0 Å². The van der Waals surface area contributed by atoms with Crippen LogP contribution in [0.15, 0.2) is 39.4 Å². The highest BCUT2D eigenvalue weighted by atomic mass is 79.9. The predicted molar refractivity (Wildman–Crippen MR) is 91.6 cm³/mol. The van der Waals surface area contributed by atoms with Gasteiger partial charge in [-0.15, -0.1) is 0 Å². The highest BCUT2D eigenvalue weighted by molar-refractivity contribution is 9.10. The average Bonchev–Trinajstić information content (AvgIpc) is 3.03. The minimum atomic E-state index is -0.268. The van der Waals surface area contributed by atoms with Gasteiger partial charge in [0.25, 0.3) is 5.91 Å². The molecular weight excluding hydrogens is 358 g/mol. The summed E-state index contributed by atoms with van der Waals surface area (Å²) in [6.07, 6.45) is 4.68. The van der Waals surface area contributed by atoms with E-state index < -0.39 is 0 Å². The van der Waals surface area contributed by atoms with E-state index in [4.69, 9.17) is 9.40 Å². The van der Waals surface area contributed by atoms with Crippen LogP contribution in [0.1, 0.15) is 35.6 Å². The van der Waals surface area contributed by atoms with Gasteiger partial charge in [-0.1, -0.05) is 6.42 Å². The quantitative estimate of drug-likeness (QED) is 0.725. The van der Waals surface area contributed by atoms with E-state index in [0.29, 0.717) is 4.67 Å². The van der Waals surface area contributed by atoms with Crippen LogP contribution in [-0.2, 0) is 13.0 Å². The zero-order chi connectivity index (χ0) is 15.8. The summed E-state index contributed by atoms with van der Waals surface area (Å²) >= 11 is 3.20. The van der Waals surface area contributed by atoms with Crippen molar-refractivity contribution >= 4 is 38.6 Å². The SMILES string of the molecule is O=C(Nc1ccc2c(c1)nc1n2CCCCC1)c1ccc(Br)o1. The molecule has 0 radical (unpaired) electrons. The van der Waals surface area contributed by atoms with Crippen molar-refractivity contribution in [1.82, 2.24) is 9.55 Å². The third kappa shape index (κ3) is 2.79. The molecule has 0 fully saturated rings. The molecule has 5 nitrogen and oxygen atoms in total. The van der Waals surface area contributed by atoms with E-state index in [-0.39, 0.29) is 11.7 Å². The molecule has 0 saturated heterocycles. The highest BCUT2D eigenvalue weighted by Crippen LogP contribution is 2.25. The number of imidazole rings is 1. The van der Waals surface area contributed by atoms with Crippen LogP contribution in [0.25, 0.3) is 11.0 Å². The lowest BCUT2D eigenvalue weighted by atomic mass is 10.2. The van der Waals surface area contributed by atoms with E-state index in [1.165, 1.54) is 19.3 Å². The van der Waals surface area contributed by atoms with Crippen LogP contribution >= 0.6 is 15.9 Å². The van der Waals surface area contributed by atoms with Crippen LogP contribution in [-0.4, -0.2) is 15.5 Å². The van der Waals surface area contributed by atoms with E-state index in [1.807, 2.05) is 18.2 Å². The fraction of sp³-hybridized carbons (Fsp3) is 0.294. The topological polar surface area (TPSA) is 60.1 Å². The molecule has 1 aromatic carbocycles. The highest BCUT2D eigenvalue weighted by Gasteiger charge is 2.15. The lowest BCUT2D eigenvalue weighted by Gasteiger charge is -2.05. The molecule has 6 heteroatoms. The van der Waals surface area contributed by atoms with Crippen molar-refractivity contribution in [1.29, 1.82) is 0 Å². The first kappa shape index (κ1) is 14.5. The number of amides is 1. The largest absolute Gasteiger partial charge is 0.444 e. The van der Waals surface area contributed by atoms with Crippen LogP contribution in [0.4, 0.5) is 5.69 Å². The number of aromatic nitrogens is 2. The Kier molecular flexibility index (Phi) is 3.69. The van der Waals surface area contributed by atoms with Gasteiger partial charge in [0, 0.05) is 18.7 Å². The number of fused-ring (bicyclic) bond motifs is 3. The molecule has 0 unspecified atom stereocenters. The fourth-order valence-electron chi connectivity index (χ4n) is 3.06. The molecule has 1 aliphatic rings. The summed E-state index contributed by atoms with van der Waals surface area (Å²) in [7, 11) is 0. The Morgan fingerprint density at radius 2 is 2.13 bits per heavy atom. The summed E-state index contributed by atoms with van der Waals surface area (Å²) in [5, 5.41) is 2.85. The van der Waals surface area contributed by atoms with Gasteiger partial charge < -0.3 is 14.3 Å². The lowest BCUT2D eigenvalue weighted by Crippen LogP contribution is -2.10. The zero-order valence-electron chi connectivity index (χ0n) is 12.5. The second kappa shape index (κ2) is 5.85. The molecule has 1 N–H and O–H groups in total. The smallest absolute Gasteiger partial charge is 0.291 e. The first-order valence-corrected chi connectivity index (χ1v) is 8.56. The monoisotopic (exact) mass is 373 g/mol. The Morgan fingerprint density at radius 3 is 2.96 bits per heavy atom. The maximum atomic E-state index is 12.2. The van der Waals surface area contributed by atoms with Crippen molar-refractivity contribution in [3.05, 3.63) is 46.6 Å². The maximum Gasteiger partial charge on any atom is 0.291 e. The van der Waals surface area contributed by atoms with E-state index >= 15 is 0 Å². The molecule has 0 atom stereocenters. The summed E-state index contributed by atoms with van der Waals surface area (Å²) in [5.74, 6) is 1.16. The Bertz CT molecular complexity index is 881. The molecule has 0 spiro atoms. The number of halogens is 1. The molecule has 0 bridgehead atoms. The van der Waals surface area contributed by atoms with Gasteiger partial charge in [0.05, 0.1) is 11.0 Å². The van der Waals surface area contributed by atoms with Gasteiger partial charge in [-0.25, -0.2) is 4.98 Å². The zero-order valence-corrected chi connectivity index (χ0v) is 14.1. The first-order chi connectivity index (χ1) is 11.2. The van der Waals surface area contributed by atoms with Crippen molar-refractivity contribution in [3.8, 4) is 0 Å². The summed E-state index contributed by atoms with van der Waals surface area (Å²) in [5.41, 5.74) is 2.80. The Labute approximate surface area is 141 Å². The summed E-state index contributed by atoms with van der Waals surface area (Å²) in [4.78, 5) is 16.9. The van der Waals surface area contributed by atoms with Gasteiger partial charge in [0.2, 0.25) is 0 Å². The van der Waals surface area contributed by atoms with E-state index in [9.17, 15) is 4.79 Å². The standard InChI is InChI=1S/C17H16BrN3O2/c18-15-8-7-14(23-15)17(22)19-11-5-6-13-12(10-11)20-16-4-2-1-3-9-21(13)16/h5-8,10H,1-4,9H2,(H,19,22). The molecule has 1 aliphatic heterocycles. The van der Waals surface area contributed by atoms with Crippen molar-refractivity contribution in [3.63, 3.8) is 0 Å². The number of nitrogens with zero attached hydrogens (tertiary/aromatic N) is 2. The van der Waals surface area contributed by atoms with Crippen molar-refractivity contribution in [2.75, 3.05) is 5.32 Å². The Hall–Kier alpha value is -2.08. The van der Waals surface area contributed by atoms with Crippen molar-refractivity contribution in [2.45, 2.75) is 32.2 Å². The van der Waals surface area contributed by atoms with Gasteiger partial charge in [0.15, 0.2) is 10.4 Å². The molecule has 4 rings (SSSR count). The average molecular weight is 374 g/mol. The van der Waals surface area contributed by atoms with Gasteiger partial charge >= 0.3 is 0 Å². The predicted octanol–water partition coefficient (Wildman–Crippen LogP) is 4.37. The van der Waals surface area contributed by atoms with Crippen LogP contribution in [0.3, 0.4) is 0 Å². The maximum absolute atomic E-state index is 12.2. The van der Waals surface area contributed by atoms with E-state index in [1.54, 1.807) is 12.1 Å². The molecule has 118 valence electrons. The first-order valence-electron chi connectivity index (χ1n) is 7.76. The lowest BCUT2D eigenvalue weighted by molar-refractivity contribution is 0.0995. The van der Waals surface area contributed by atoms with Crippen LogP contribution in [0, 0.1) is 0 Å². The fourth-order valence-corrected chi connectivity index (χ4v) is 3.36. The number of benzene rings is 1. The number of carbonyl (C=O) groups is 1. The molecule has 0 saturated carbocycles. The van der Waals surface area contributed by atoms with Crippen molar-refractivity contribution in [2.24, 2.45) is 0 Å². The summed E-state index contributed by atoms with van der Waals surface area (Å²) < 4.78 is 8.11. The molecule has 1 amide bonds. The number of hydrogen-bond donors (Lipinski definition) is 1. The third-order valence-corrected chi connectivity index (χ3v) is 4.59. The van der Waals surface area contributed by atoms with Crippen LogP contribution < -0.4 is 5.32 Å². The van der Waals surface area contributed by atoms with Crippen LogP contribution in [0.5, 0.6) is 0 Å². The number of carbonyl (C=O) groups excluding carboxylic acids is 1. The molecule has 3 aromatic rings. The summed E-state index contributed by atoms with van der Waals surface area (Å²) in [6.45, 7) is 1.03. The second-order valence-corrected chi connectivity index (χ2v) is 6.53. The van der Waals surface area contributed by atoms with Crippen molar-refractivity contribution < 1.29 is 9.21 Å². The molecule has 0 aliphatic carbocycles. The van der Waals surface area contributed by atoms with E-state index in [0.717, 1.165) is 35.5 Å².